The Kier molecular flexibility index (Phi) is 2.56. The minimum atomic E-state index is -2.61. The maximum Gasteiger partial charge on any atom is 0.248 e. The van der Waals surface area contributed by atoms with Gasteiger partial charge >= 0.3 is 0 Å². The highest BCUT2D eigenvalue weighted by molar-refractivity contribution is 5.75. The van der Waals surface area contributed by atoms with Gasteiger partial charge in [0.2, 0.25) is 11.8 Å². The van der Waals surface area contributed by atoms with Crippen LogP contribution < -0.4 is 11.5 Å². The van der Waals surface area contributed by atoms with E-state index in [-0.39, 0.29) is 32.1 Å². The molecule has 13 heavy (non-hydrogen) atoms. The van der Waals surface area contributed by atoms with Crippen LogP contribution in [-0.2, 0) is 4.79 Å². The highest BCUT2D eigenvalue weighted by Gasteiger charge is 2.41. The minimum absolute atomic E-state index is 0.00306. The molecular formula is C8H14F2N2O. The van der Waals surface area contributed by atoms with E-state index in [9.17, 15) is 13.6 Å². The maximum absolute atomic E-state index is 12.7. The fraction of sp³-hybridized carbons (Fsp3) is 0.875. The van der Waals surface area contributed by atoms with E-state index in [0.717, 1.165) is 0 Å². The molecular weight excluding hydrogens is 178 g/mol. The van der Waals surface area contributed by atoms with Crippen molar-refractivity contribution in [1.29, 1.82) is 0 Å². The van der Waals surface area contributed by atoms with Crippen molar-refractivity contribution in [2.75, 3.05) is 0 Å². The molecule has 0 atom stereocenters. The summed E-state index contributed by atoms with van der Waals surface area (Å²) in [6.45, 7) is 0. The van der Waals surface area contributed by atoms with Crippen molar-refractivity contribution in [2.45, 2.75) is 43.6 Å². The summed E-state index contributed by atoms with van der Waals surface area (Å²) >= 11 is 0. The summed E-state index contributed by atoms with van der Waals surface area (Å²) in [6.07, 6.45) is -0.136. The molecule has 3 nitrogen and oxygen atoms in total. The van der Waals surface area contributed by atoms with Gasteiger partial charge in [0.1, 0.15) is 0 Å². The molecule has 1 amide bonds. The van der Waals surface area contributed by atoms with Crippen molar-refractivity contribution in [3.63, 3.8) is 0 Å². The maximum atomic E-state index is 12.7. The van der Waals surface area contributed by atoms with Crippen molar-refractivity contribution >= 4 is 5.91 Å². The van der Waals surface area contributed by atoms with Crippen molar-refractivity contribution in [3.05, 3.63) is 0 Å². The summed E-state index contributed by atoms with van der Waals surface area (Å²) in [5.74, 6) is -3.13. The van der Waals surface area contributed by atoms with Gasteiger partial charge in [-0.15, -0.1) is 0 Å². The quantitative estimate of drug-likeness (QED) is 0.678. The Hall–Kier alpha value is -0.710. The van der Waals surface area contributed by atoms with Crippen molar-refractivity contribution in [3.8, 4) is 0 Å². The van der Waals surface area contributed by atoms with Crippen LogP contribution >= 0.6 is 0 Å². The lowest BCUT2D eigenvalue weighted by Crippen LogP contribution is -2.48. The molecule has 0 aromatic heterocycles. The van der Waals surface area contributed by atoms with Gasteiger partial charge in [-0.25, -0.2) is 8.78 Å². The average Bonchev–Trinajstić information content (AvgIpc) is 1.95. The predicted octanol–water partition coefficient (Wildman–Crippen LogP) is 0.769. The van der Waals surface area contributed by atoms with E-state index in [4.69, 9.17) is 11.5 Å². The zero-order chi connectivity index (χ0) is 10.1. The number of carbonyl (C=O) groups is 1. The molecule has 0 spiro atoms. The Morgan fingerprint density at radius 2 is 1.69 bits per heavy atom. The third-order valence-corrected chi connectivity index (χ3v) is 2.50. The van der Waals surface area contributed by atoms with Gasteiger partial charge in [0.05, 0.1) is 0 Å². The van der Waals surface area contributed by atoms with Crippen molar-refractivity contribution in [2.24, 2.45) is 11.5 Å². The van der Waals surface area contributed by atoms with Crippen LogP contribution in [-0.4, -0.2) is 17.4 Å². The van der Waals surface area contributed by atoms with E-state index in [1.54, 1.807) is 0 Å². The summed E-state index contributed by atoms with van der Waals surface area (Å²) in [6, 6.07) is 0. The molecule has 0 saturated heterocycles. The summed E-state index contributed by atoms with van der Waals surface area (Å²) < 4.78 is 25.4. The molecule has 4 N–H and O–H groups in total. The lowest BCUT2D eigenvalue weighted by atomic mass is 9.78. The molecule has 0 heterocycles. The molecule has 0 aromatic rings. The predicted molar refractivity (Wildman–Crippen MR) is 44.1 cm³/mol. The van der Waals surface area contributed by atoms with Gasteiger partial charge in [-0.2, -0.15) is 0 Å². The van der Waals surface area contributed by atoms with Crippen LogP contribution in [0.1, 0.15) is 32.1 Å². The van der Waals surface area contributed by atoms with Crippen LogP contribution in [0.4, 0.5) is 8.78 Å². The standard InChI is InChI=1S/C8H14F2N2O/c9-8(10)3-1-7(12,2-4-8)5-6(11)13/h1-5,12H2,(H2,11,13). The van der Waals surface area contributed by atoms with Gasteiger partial charge in [0.15, 0.2) is 0 Å². The second kappa shape index (κ2) is 3.21. The summed E-state index contributed by atoms with van der Waals surface area (Å²) in [5.41, 5.74) is 9.92. The van der Waals surface area contributed by atoms with E-state index in [2.05, 4.69) is 0 Å². The van der Waals surface area contributed by atoms with Gasteiger partial charge < -0.3 is 11.5 Å². The Labute approximate surface area is 75.5 Å². The molecule has 0 unspecified atom stereocenters. The number of halogens is 2. The SMILES string of the molecule is NC(=O)CC1(N)CCC(F)(F)CC1. The smallest absolute Gasteiger partial charge is 0.248 e. The molecule has 1 fully saturated rings. The van der Waals surface area contributed by atoms with Crippen LogP contribution in [0, 0.1) is 0 Å². The molecule has 0 bridgehead atoms. The van der Waals surface area contributed by atoms with Crippen LogP contribution in [0.2, 0.25) is 0 Å². The Bertz CT molecular complexity index is 208. The Morgan fingerprint density at radius 1 is 1.23 bits per heavy atom. The van der Waals surface area contributed by atoms with Crippen LogP contribution in [0.5, 0.6) is 0 Å². The molecule has 1 saturated carbocycles. The first kappa shape index (κ1) is 10.4. The second-order valence-corrected chi connectivity index (χ2v) is 3.86. The van der Waals surface area contributed by atoms with Crippen LogP contribution in [0.15, 0.2) is 0 Å². The Morgan fingerprint density at radius 3 is 2.08 bits per heavy atom. The number of carbonyl (C=O) groups excluding carboxylic acids is 1. The molecule has 0 aliphatic heterocycles. The van der Waals surface area contributed by atoms with Crippen LogP contribution in [0.25, 0.3) is 0 Å². The molecule has 76 valence electrons. The first-order chi connectivity index (χ1) is 5.83. The first-order valence-corrected chi connectivity index (χ1v) is 4.28. The minimum Gasteiger partial charge on any atom is -0.370 e. The molecule has 1 aliphatic carbocycles. The number of amides is 1. The molecule has 0 radical (unpaired) electrons. The third-order valence-electron chi connectivity index (χ3n) is 2.50. The lowest BCUT2D eigenvalue weighted by Gasteiger charge is -2.36. The van der Waals surface area contributed by atoms with Gasteiger partial charge in [0, 0.05) is 24.8 Å². The van der Waals surface area contributed by atoms with E-state index in [0.29, 0.717) is 0 Å². The van der Waals surface area contributed by atoms with Gasteiger partial charge in [-0.1, -0.05) is 0 Å². The third kappa shape index (κ3) is 2.91. The van der Waals surface area contributed by atoms with E-state index < -0.39 is 17.4 Å². The zero-order valence-electron chi connectivity index (χ0n) is 7.35. The fourth-order valence-corrected chi connectivity index (χ4v) is 1.64. The van der Waals surface area contributed by atoms with E-state index in [1.165, 1.54) is 0 Å². The molecule has 5 heteroatoms. The molecule has 1 aliphatic rings. The van der Waals surface area contributed by atoms with E-state index in [1.807, 2.05) is 0 Å². The molecule has 0 aromatic carbocycles. The molecule has 1 rings (SSSR count). The van der Waals surface area contributed by atoms with Gasteiger partial charge in [0.25, 0.3) is 0 Å². The van der Waals surface area contributed by atoms with Gasteiger partial charge in [-0.05, 0) is 12.8 Å². The monoisotopic (exact) mass is 192 g/mol. The van der Waals surface area contributed by atoms with Crippen molar-refractivity contribution < 1.29 is 13.6 Å². The lowest BCUT2D eigenvalue weighted by molar-refractivity contribution is -0.120. The zero-order valence-corrected chi connectivity index (χ0v) is 7.35. The van der Waals surface area contributed by atoms with E-state index >= 15 is 0 Å². The fourth-order valence-electron chi connectivity index (χ4n) is 1.64. The number of hydrogen-bond acceptors (Lipinski definition) is 2. The summed E-state index contributed by atoms with van der Waals surface area (Å²) in [5, 5.41) is 0. The highest BCUT2D eigenvalue weighted by atomic mass is 19.3. The Balaban J connectivity index is 2.51. The first-order valence-electron chi connectivity index (χ1n) is 4.28. The number of hydrogen-bond donors (Lipinski definition) is 2. The van der Waals surface area contributed by atoms with Crippen LogP contribution in [0.3, 0.4) is 0 Å². The normalized spacial score (nSPS) is 25.5. The highest BCUT2D eigenvalue weighted by Crippen LogP contribution is 2.38. The largest absolute Gasteiger partial charge is 0.370 e. The number of alkyl halides is 2. The number of primary amides is 1. The average molecular weight is 192 g/mol. The summed E-state index contributed by atoms with van der Waals surface area (Å²) in [4.78, 5) is 10.6. The second-order valence-electron chi connectivity index (χ2n) is 3.86. The van der Waals surface area contributed by atoms with Gasteiger partial charge in [-0.3, -0.25) is 4.79 Å². The van der Waals surface area contributed by atoms with Crippen molar-refractivity contribution in [1.82, 2.24) is 0 Å². The number of nitrogens with two attached hydrogens (primary N) is 2. The summed E-state index contributed by atoms with van der Waals surface area (Å²) in [7, 11) is 0. The number of rotatable bonds is 2. The topological polar surface area (TPSA) is 69.1 Å².